The van der Waals surface area contributed by atoms with Crippen LogP contribution in [0.2, 0.25) is 0 Å². The molecule has 3 heterocycles. The van der Waals surface area contributed by atoms with Crippen molar-refractivity contribution in [3.63, 3.8) is 0 Å². The molecule has 0 bridgehead atoms. The number of methoxy groups -OCH3 is 2. The third kappa shape index (κ3) is 3.88. The van der Waals surface area contributed by atoms with Crippen molar-refractivity contribution in [1.82, 2.24) is 15.1 Å². The Kier molecular flexibility index (Phi) is 5.62. The Bertz CT molecular complexity index is 952. The van der Waals surface area contributed by atoms with E-state index in [1.54, 1.807) is 20.4 Å². The fourth-order valence-electron chi connectivity index (χ4n) is 3.49. The molecule has 1 aliphatic heterocycles. The third-order valence-electron chi connectivity index (χ3n) is 5.16. The van der Waals surface area contributed by atoms with Gasteiger partial charge in [-0.15, -0.1) is 0 Å². The molecular weight excluding hydrogens is 372 g/mol. The second-order valence-electron chi connectivity index (χ2n) is 6.82. The molecule has 0 N–H and O–H groups in total. The van der Waals surface area contributed by atoms with Crippen LogP contribution >= 0.6 is 0 Å². The van der Waals surface area contributed by atoms with Gasteiger partial charge >= 0.3 is 0 Å². The fourth-order valence-corrected chi connectivity index (χ4v) is 3.49. The molecule has 0 unspecified atom stereocenters. The average molecular weight is 396 g/mol. The number of rotatable bonds is 6. The van der Waals surface area contributed by atoms with Crippen molar-refractivity contribution < 1.29 is 18.7 Å². The van der Waals surface area contributed by atoms with Gasteiger partial charge in [0.1, 0.15) is 5.82 Å². The van der Waals surface area contributed by atoms with Gasteiger partial charge in [0.2, 0.25) is 5.82 Å². The molecule has 0 atom stereocenters. The van der Waals surface area contributed by atoms with Gasteiger partial charge in [0.15, 0.2) is 11.5 Å². The van der Waals surface area contributed by atoms with Gasteiger partial charge in [-0.3, -0.25) is 0 Å². The lowest BCUT2D eigenvalue weighted by Crippen LogP contribution is -2.37. The zero-order chi connectivity index (χ0) is 20.2. The first-order valence-corrected chi connectivity index (χ1v) is 9.53. The maximum atomic E-state index is 5.47. The number of ether oxygens (including phenoxy) is 3. The second kappa shape index (κ2) is 8.48. The van der Waals surface area contributed by atoms with E-state index in [1.807, 2.05) is 30.3 Å². The summed E-state index contributed by atoms with van der Waals surface area (Å²) in [4.78, 5) is 11.3. The number of hydrogen-bond donors (Lipinski definition) is 0. The van der Waals surface area contributed by atoms with E-state index in [1.165, 1.54) is 0 Å². The number of hydrogen-bond acceptors (Lipinski definition) is 8. The first-order valence-electron chi connectivity index (χ1n) is 9.53. The highest BCUT2D eigenvalue weighted by molar-refractivity contribution is 5.69. The van der Waals surface area contributed by atoms with Gasteiger partial charge in [0.05, 0.1) is 25.3 Å². The Morgan fingerprint density at radius 3 is 2.59 bits per heavy atom. The van der Waals surface area contributed by atoms with Crippen LogP contribution in [0.5, 0.6) is 11.5 Å². The lowest BCUT2D eigenvalue weighted by Gasteiger charge is -2.32. The summed E-state index contributed by atoms with van der Waals surface area (Å²) in [5.41, 5.74) is 1.46. The van der Waals surface area contributed by atoms with Gasteiger partial charge in [-0.2, -0.15) is 4.98 Å². The highest BCUT2D eigenvalue weighted by atomic mass is 16.5. The van der Waals surface area contributed by atoms with E-state index in [9.17, 15) is 0 Å². The predicted molar refractivity (Wildman–Crippen MR) is 108 cm³/mol. The summed E-state index contributed by atoms with van der Waals surface area (Å²) in [6, 6.07) is 9.90. The van der Waals surface area contributed by atoms with Crippen LogP contribution < -0.4 is 14.4 Å². The molecule has 0 amide bonds. The van der Waals surface area contributed by atoms with Gasteiger partial charge in [-0.25, -0.2) is 4.98 Å². The van der Waals surface area contributed by atoms with Gasteiger partial charge < -0.3 is 23.6 Å². The van der Waals surface area contributed by atoms with Crippen LogP contribution in [0.15, 0.2) is 41.1 Å². The third-order valence-corrected chi connectivity index (χ3v) is 5.16. The van der Waals surface area contributed by atoms with E-state index in [4.69, 9.17) is 18.7 Å². The summed E-state index contributed by atoms with van der Waals surface area (Å²) in [7, 11) is 5.24. The number of pyridine rings is 1. The quantitative estimate of drug-likeness (QED) is 0.627. The maximum absolute atomic E-state index is 5.47. The molecule has 1 fully saturated rings. The topological polar surface area (TPSA) is 82.7 Å². The lowest BCUT2D eigenvalue weighted by atomic mass is 10.1. The van der Waals surface area contributed by atoms with Gasteiger partial charge in [0.25, 0.3) is 5.89 Å². The van der Waals surface area contributed by atoms with Crippen molar-refractivity contribution in [2.24, 2.45) is 0 Å². The molecule has 0 aliphatic carbocycles. The van der Waals surface area contributed by atoms with Gasteiger partial charge in [-0.1, -0.05) is 11.2 Å². The van der Waals surface area contributed by atoms with Crippen LogP contribution in [0.1, 0.15) is 12.8 Å². The van der Waals surface area contributed by atoms with Crippen molar-refractivity contribution in [2.45, 2.75) is 18.9 Å². The highest BCUT2D eigenvalue weighted by Crippen LogP contribution is 2.37. The molecule has 8 heteroatoms. The first-order chi connectivity index (χ1) is 14.2. The zero-order valence-electron chi connectivity index (χ0n) is 16.8. The minimum absolute atomic E-state index is 0.401. The monoisotopic (exact) mass is 396 g/mol. The van der Waals surface area contributed by atoms with Crippen LogP contribution in [0.25, 0.3) is 22.8 Å². The Labute approximate surface area is 169 Å². The molecule has 8 nitrogen and oxygen atoms in total. The number of para-hydroxylation sites is 1. The summed E-state index contributed by atoms with van der Waals surface area (Å²) in [5.74, 6) is 2.92. The average Bonchev–Trinajstić information content (AvgIpc) is 3.28. The van der Waals surface area contributed by atoms with Crippen LogP contribution in [0.4, 0.5) is 5.82 Å². The summed E-state index contributed by atoms with van der Waals surface area (Å²) >= 11 is 0. The molecule has 0 radical (unpaired) electrons. The number of benzene rings is 1. The van der Waals surface area contributed by atoms with E-state index in [0.717, 1.165) is 37.4 Å². The van der Waals surface area contributed by atoms with E-state index in [2.05, 4.69) is 27.1 Å². The van der Waals surface area contributed by atoms with Crippen molar-refractivity contribution in [1.29, 1.82) is 0 Å². The van der Waals surface area contributed by atoms with Crippen LogP contribution in [0, 0.1) is 0 Å². The maximum Gasteiger partial charge on any atom is 0.259 e. The molecule has 29 heavy (non-hydrogen) atoms. The molecule has 152 valence electrons. The summed E-state index contributed by atoms with van der Waals surface area (Å²) < 4.78 is 21.7. The van der Waals surface area contributed by atoms with E-state index in [-0.39, 0.29) is 0 Å². The Morgan fingerprint density at radius 1 is 1.07 bits per heavy atom. The lowest BCUT2D eigenvalue weighted by molar-refractivity contribution is 0.0853. The molecule has 4 rings (SSSR count). The molecular formula is C21H24N4O4. The normalized spacial score (nSPS) is 14.6. The van der Waals surface area contributed by atoms with Crippen LogP contribution in [-0.2, 0) is 4.74 Å². The Hall–Kier alpha value is -3.13. The van der Waals surface area contributed by atoms with E-state index in [0.29, 0.717) is 34.8 Å². The molecule has 1 aliphatic rings. The first kappa shape index (κ1) is 19.2. The van der Waals surface area contributed by atoms with Gasteiger partial charge in [0, 0.05) is 32.5 Å². The number of nitrogens with zero attached hydrogens (tertiary/aromatic N) is 4. The molecule has 3 aromatic rings. The smallest absolute Gasteiger partial charge is 0.259 e. The summed E-state index contributed by atoms with van der Waals surface area (Å²) in [6.45, 7) is 1.59. The van der Waals surface area contributed by atoms with E-state index < -0.39 is 0 Å². The molecule has 0 spiro atoms. The largest absolute Gasteiger partial charge is 0.493 e. The van der Waals surface area contributed by atoms with Crippen molar-refractivity contribution in [2.75, 3.05) is 39.4 Å². The molecule has 0 saturated carbocycles. The van der Waals surface area contributed by atoms with Crippen molar-refractivity contribution in [3.05, 3.63) is 36.5 Å². The molecule has 1 saturated heterocycles. The fraction of sp³-hybridized carbons (Fsp3) is 0.381. The van der Waals surface area contributed by atoms with Gasteiger partial charge in [-0.05, 0) is 37.1 Å². The minimum Gasteiger partial charge on any atom is -0.493 e. The minimum atomic E-state index is 0.401. The van der Waals surface area contributed by atoms with Crippen LogP contribution in [-0.4, -0.2) is 55.6 Å². The molecule has 2 aromatic heterocycles. The number of anilines is 1. The highest BCUT2D eigenvalue weighted by Gasteiger charge is 2.21. The molecule has 1 aromatic carbocycles. The Morgan fingerprint density at radius 2 is 1.90 bits per heavy atom. The number of aromatic nitrogens is 3. The summed E-state index contributed by atoms with van der Waals surface area (Å²) in [6.07, 6.45) is 3.77. The Balaban J connectivity index is 1.56. The van der Waals surface area contributed by atoms with E-state index >= 15 is 0 Å². The zero-order valence-corrected chi connectivity index (χ0v) is 16.8. The van der Waals surface area contributed by atoms with Crippen LogP contribution in [0.3, 0.4) is 0 Å². The standard InChI is InChI=1S/C21H24N4O4/c1-25(15-9-11-28-12-10-15)18-8-7-14(13-22-18)21-23-20(24-29-21)16-5-4-6-17(26-2)19(16)27-3/h4-8,13,15H,9-12H2,1-3H3. The van der Waals surface area contributed by atoms with Crippen molar-refractivity contribution >= 4 is 5.82 Å². The predicted octanol–water partition coefficient (Wildman–Crippen LogP) is 3.43. The summed E-state index contributed by atoms with van der Waals surface area (Å²) in [5, 5.41) is 4.10. The van der Waals surface area contributed by atoms with Crippen molar-refractivity contribution in [3.8, 4) is 34.3 Å². The SMILES string of the molecule is COc1cccc(-c2noc(-c3ccc(N(C)C4CCOCC4)nc3)n2)c1OC. The second-order valence-corrected chi connectivity index (χ2v) is 6.82.